The molecule has 6 nitrogen and oxygen atoms in total. The summed E-state index contributed by atoms with van der Waals surface area (Å²) in [5.41, 5.74) is 6.08. The van der Waals surface area contributed by atoms with Gasteiger partial charge in [0.1, 0.15) is 11.6 Å². The van der Waals surface area contributed by atoms with Crippen LogP contribution in [0.5, 0.6) is 0 Å². The molecule has 0 amide bonds. The number of nitrogens with two attached hydrogens (primary N) is 1. The average Bonchev–Trinajstić information content (AvgIpc) is 2.70. The number of hydrogen-bond donors (Lipinski definition) is 2. The van der Waals surface area contributed by atoms with Crippen LogP contribution in [0.4, 0.5) is 10.2 Å². The lowest BCUT2D eigenvalue weighted by atomic mass is 10.3. The first-order chi connectivity index (χ1) is 8.94. The van der Waals surface area contributed by atoms with Crippen LogP contribution in [0, 0.1) is 5.82 Å². The van der Waals surface area contributed by atoms with Gasteiger partial charge in [0.05, 0.1) is 11.1 Å². The molecule has 0 saturated heterocycles. The van der Waals surface area contributed by atoms with Gasteiger partial charge in [-0.1, -0.05) is 0 Å². The molecule has 19 heavy (non-hydrogen) atoms. The second-order valence-corrected chi connectivity index (χ2v) is 5.59. The van der Waals surface area contributed by atoms with Crippen molar-refractivity contribution >= 4 is 15.8 Å². The van der Waals surface area contributed by atoms with Crippen LogP contribution in [0.2, 0.25) is 0 Å². The van der Waals surface area contributed by atoms with Crippen LogP contribution >= 0.6 is 0 Å². The minimum Gasteiger partial charge on any atom is -0.326 e. The third-order valence-corrected chi connectivity index (χ3v) is 3.94. The molecular formula is C11H13FN4O2S. The molecule has 2 rings (SSSR count). The van der Waals surface area contributed by atoms with Crippen LogP contribution in [-0.4, -0.2) is 18.2 Å². The van der Waals surface area contributed by atoms with Crippen molar-refractivity contribution in [2.75, 3.05) is 4.72 Å². The summed E-state index contributed by atoms with van der Waals surface area (Å²) in [7, 11) is -2.19. The highest BCUT2D eigenvalue weighted by atomic mass is 32.2. The molecule has 0 unspecified atom stereocenters. The number of aryl methyl sites for hydroxylation is 1. The second kappa shape index (κ2) is 4.98. The van der Waals surface area contributed by atoms with Crippen LogP contribution in [0.25, 0.3) is 0 Å². The molecule has 1 aromatic carbocycles. The summed E-state index contributed by atoms with van der Waals surface area (Å²) in [6, 6.07) is 4.55. The Balaban J connectivity index is 2.36. The normalized spacial score (nSPS) is 11.5. The van der Waals surface area contributed by atoms with Crippen molar-refractivity contribution in [2.24, 2.45) is 12.8 Å². The van der Waals surface area contributed by atoms with Crippen molar-refractivity contribution in [1.29, 1.82) is 0 Å². The number of nitrogens with one attached hydrogen (secondary N) is 1. The Morgan fingerprint density at radius 3 is 2.58 bits per heavy atom. The predicted molar refractivity (Wildman–Crippen MR) is 68.3 cm³/mol. The molecule has 1 heterocycles. The van der Waals surface area contributed by atoms with Crippen molar-refractivity contribution in [3.63, 3.8) is 0 Å². The Labute approximate surface area is 110 Å². The summed E-state index contributed by atoms with van der Waals surface area (Å²) in [5, 5.41) is 3.93. The van der Waals surface area contributed by atoms with Gasteiger partial charge in [0, 0.05) is 19.2 Å². The maximum absolute atomic E-state index is 12.8. The summed E-state index contributed by atoms with van der Waals surface area (Å²) in [6.07, 6.45) is 1.49. The van der Waals surface area contributed by atoms with Crippen molar-refractivity contribution in [3.05, 3.63) is 41.8 Å². The number of rotatable bonds is 4. The Bertz CT molecular complexity index is 679. The van der Waals surface area contributed by atoms with Crippen molar-refractivity contribution in [1.82, 2.24) is 9.78 Å². The number of halogens is 1. The molecule has 0 bridgehead atoms. The summed E-state index contributed by atoms with van der Waals surface area (Å²) in [5.74, 6) is -0.200. The monoisotopic (exact) mass is 284 g/mol. The lowest BCUT2D eigenvalue weighted by Crippen LogP contribution is -2.17. The second-order valence-electron chi connectivity index (χ2n) is 3.91. The SMILES string of the molecule is Cn1ncc(CN)c1NS(=O)(=O)c1ccc(F)cc1. The number of benzene rings is 1. The zero-order valence-electron chi connectivity index (χ0n) is 10.2. The minimum atomic E-state index is -3.79. The minimum absolute atomic E-state index is 0.0296. The standard InChI is InChI=1S/C11H13FN4O2S/c1-16-11(8(6-13)7-14-16)15-19(17,18)10-4-2-9(12)3-5-10/h2-5,7,15H,6,13H2,1H3. The molecule has 0 aliphatic heterocycles. The zero-order chi connectivity index (χ0) is 14.0. The molecule has 2 aromatic rings. The quantitative estimate of drug-likeness (QED) is 0.869. The fourth-order valence-electron chi connectivity index (χ4n) is 1.56. The van der Waals surface area contributed by atoms with E-state index in [-0.39, 0.29) is 11.4 Å². The van der Waals surface area contributed by atoms with E-state index in [1.807, 2.05) is 0 Å². The van der Waals surface area contributed by atoms with E-state index in [0.29, 0.717) is 11.4 Å². The molecule has 0 saturated carbocycles. The summed E-state index contributed by atoms with van der Waals surface area (Å²) >= 11 is 0. The van der Waals surface area contributed by atoms with E-state index in [0.717, 1.165) is 12.1 Å². The number of anilines is 1. The maximum Gasteiger partial charge on any atom is 0.263 e. The molecule has 0 spiro atoms. The fourth-order valence-corrected chi connectivity index (χ4v) is 2.69. The highest BCUT2D eigenvalue weighted by Crippen LogP contribution is 2.19. The van der Waals surface area contributed by atoms with E-state index in [1.165, 1.54) is 23.0 Å². The lowest BCUT2D eigenvalue weighted by Gasteiger charge is -2.09. The van der Waals surface area contributed by atoms with E-state index in [1.54, 1.807) is 7.05 Å². The Morgan fingerprint density at radius 2 is 2.00 bits per heavy atom. The third kappa shape index (κ3) is 2.74. The largest absolute Gasteiger partial charge is 0.326 e. The fraction of sp³-hybridized carbons (Fsp3) is 0.182. The highest BCUT2D eigenvalue weighted by Gasteiger charge is 2.18. The Kier molecular flexibility index (Phi) is 3.54. The number of sulfonamides is 1. The molecule has 1 aromatic heterocycles. The molecule has 3 N–H and O–H groups in total. The van der Waals surface area contributed by atoms with E-state index >= 15 is 0 Å². The first-order valence-electron chi connectivity index (χ1n) is 5.43. The van der Waals surface area contributed by atoms with Crippen LogP contribution in [0.15, 0.2) is 35.4 Å². The molecular weight excluding hydrogens is 271 g/mol. The van der Waals surface area contributed by atoms with E-state index in [4.69, 9.17) is 5.73 Å². The van der Waals surface area contributed by atoms with Crippen molar-refractivity contribution < 1.29 is 12.8 Å². The molecule has 0 atom stereocenters. The maximum atomic E-state index is 12.8. The van der Waals surface area contributed by atoms with Gasteiger partial charge in [0.15, 0.2) is 0 Å². The summed E-state index contributed by atoms with van der Waals surface area (Å²) < 4.78 is 40.8. The predicted octanol–water partition coefficient (Wildman–Crippen LogP) is 0.819. The first-order valence-corrected chi connectivity index (χ1v) is 6.91. The number of aromatic nitrogens is 2. The molecule has 0 aliphatic carbocycles. The molecule has 0 aliphatic rings. The van der Waals surface area contributed by atoms with Gasteiger partial charge in [-0.25, -0.2) is 12.8 Å². The van der Waals surface area contributed by atoms with Crippen LogP contribution < -0.4 is 10.5 Å². The van der Waals surface area contributed by atoms with Crippen molar-refractivity contribution in [3.8, 4) is 0 Å². The van der Waals surface area contributed by atoms with Gasteiger partial charge in [0.25, 0.3) is 10.0 Å². The zero-order valence-corrected chi connectivity index (χ0v) is 11.0. The summed E-state index contributed by atoms with van der Waals surface area (Å²) in [4.78, 5) is -0.0296. The van der Waals surface area contributed by atoms with Gasteiger partial charge in [-0.2, -0.15) is 5.10 Å². The Morgan fingerprint density at radius 1 is 1.37 bits per heavy atom. The molecule has 8 heteroatoms. The van der Waals surface area contributed by atoms with Gasteiger partial charge < -0.3 is 5.73 Å². The van der Waals surface area contributed by atoms with Gasteiger partial charge >= 0.3 is 0 Å². The lowest BCUT2D eigenvalue weighted by molar-refractivity contribution is 0.598. The topological polar surface area (TPSA) is 90.0 Å². The van der Waals surface area contributed by atoms with E-state index < -0.39 is 15.8 Å². The third-order valence-electron chi connectivity index (χ3n) is 2.59. The summed E-state index contributed by atoms with van der Waals surface area (Å²) in [6.45, 7) is 0.162. The Hall–Kier alpha value is -1.93. The number of hydrogen-bond acceptors (Lipinski definition) is 4. The number of nitrogens with zero attached hydrogens (tertiary/aromatic N) is 2. The van der Waals surface area contributed by atoms with E-state index in [9.17, 15) is 12.8 Å². The molecule has 0 radical (unpaired) electrons. The average molecular weight is 284 g/mol. The van der Waals surface area contributed by atoms with Gasteiger partial charge in [0.2, 0.25) is 0 Å². The first kappa shape index (κ1) is 13.5. The van der Waals surface area contributed by atoms with Gasteiger partial charge in [-0.3, -0.25) is 9.40 Å². The van der Waals surface area contributed by atoms with Crippen LogP contribution in [0.3, 0.4) is 0 Å². The van der Waals surface area contributed by atoms with Crippen LogP contribution in [-0.2, 0) is 23.6 Å². The van der Waals surface area contributed by atoms with Crippen molar-refractivity contribution in [2.45, 2.75) is 11.4 Å². The van der Waals surface area contributed by atoms with Gasteiger partial charge in [-0.05, 0) is 24.3 Å². The highest BCUT2D eigenvalue weighted by molar-refractivity contribution is 7.92. The van der Waals surface area contributed by atoms with E-state index in [2.05, 4.69) is 9.82 Å². The smallest absolute Gasteiger partial charge is 0.263 e. The molecule has 102 valence electrons. The van der Waals surface area contributed by atoms with Crippen LogP contribution in [0.1, 0.15) is 5.56 Å². The molecule has 0 fully saturated rings. The van der Waals surface area contributed by atoms with Gasteiger partial charge in [-0.15, -0.1) is 0 Å².